The van der Waals surface area contributed by atoms with E-state index in [4.69, 9.17) is 9.47 Å². The van der Waals surface area contributed by atoms with Gasteiger partial charge in [0.2, 0.25) is 0 Å². The number of hydrogen-bond acceptors (Lipinski definition) is 6. The topological polar surface area (TPSA) is 71.1 Å². The summed E-state index contributed by atoms with van der Waals surface area (Å²) in [7, 11) is 0. The van der Waals surface area contributed by atoms with Crippen molar-refractivity contribution in [3.05, 3.63) is 24.8 Å². The van der Waals surface area contributed by atoms with Crippen LogP contribution in [0.5, 0.6) is 0 Å². The molecule has 0 bridgehead atoms. The maximum Gasteiger partial charge on any atom is 0.509 e. The van der Waals surface area contributed by atoms with Crippen LogP contribution in [-0.2, 0) is 18.9 Å². The Bertz CT molecular complexity index is 324. The van der Waals surface area contributed by atoms with Crippen molar-refractivity contribution in [2.24, 2.45) is 0 Å². The van der Waals surface area contributed by atoms with Crippen molar-refractivity contribution in [3.63, 3.8) is 0 Å². The second-order valence-electron chi connectivity index (χ2n) is 3.60. The predicted octanol–water partition coefficient (Wildman–Crippen LogP) is 3.22. The van der Waals surface area contributed by atoms with E-state index in [9.17, 15) is 9.59 Å². The van der Waals surface area contributed by atoms with Crippen LogP contribution in [0.25, 0.3) is 0 Å². The molecule has 114 valence electrons. The van der Waals surface area contributed by atoms with Crippen LogP contribution in [0, 0.1) is 0 Å². The minimum absolute atomic E-state index is 0.262. The first kappa shape index (κ1) is 18.0. The van der Waals surface area contributed by atoms with Gasteiger partial charge in [0.25, 0.3) is 0 Å². The van der Waals surface area contributed by atoms with Gasteiger partial charge in [-0.05, 0) is 38.8 Å². The lowest BCUT2D eigenvalue weighted by Crippen LogP contribution is -2.14. The Morgan fingerprint density at radius 2 is 1.75 bits per heavy atom. The maximum atomic E-state index is 11.1. The lowest BCUT2D eigenvalue weighted by Gasteiger charge is -2.09. The zero-order valence-electron chi connectivity index (χ0n) is 12.0. The SMILES string of the molecule is C=CC(/C=C/CCCOC(=O)OCC)OC(=O)OCC. The Morgan fingerprint density at radius 1 is 1.10 bits per heavy atom. The molecular formula is C14H22O6. The average molecular weight is 286 g/mol. The highest BCUT2D eigenvalue weighted by Crippen LogP contribution is 2.01. The molecule has 0 N–H and O–H groups in total. The molecule has 0 saturated heterocycles. The van der Waals surface area contributed by atoms with Crippen LogP contribution in [0.4, 0.5) is 9.59 Å². The van der Waals surface area contributed by atoms with Gasteiger partial charge in [0.1, 0.15) is 6.10 Å². The van der Waals surface area contributed by atoms with E-state index in [0.29, 0.717) is 19.4 Å². The van der Waals surface area contributed by atoms with Gasteiger partial charge in [-0.15, -0.1) is 0 Å². The van der Waals surface area contributed by atoms with Gasteiger partial charge in [0, 0.05) is 0 Å². The smallest absolute Gasteiger partial charge is 0.435 e. The molecule has 0 rings (SSSR count). The highest BCUT2D eigenvalue weighted by molar-refractivity contribution is 5.60. The monoisotopic (exact) mass is 286 g/mol. The molecule has 0 aromatic heterocycles. The Kier molecular flexibility index (Phi) is 10.9. The van der Waals surface area contributed by atoms with E-state index in [-0.39, 0.29) is 13.2 Å². The van der Waals surface area contributed by atoms with Crippen molar-refractivity contribution in [3.8, 4) is 0 Å². The number of rotatable bonds is 9. The summed E-state index contributed by atoms with van der Waals surface area (Å²) in [6.45, 7) is 7.81. The molecule has 0 aliphatic carbocycles. The van der Waals surface area contributed by atoms with Crippen molar-refractivity contribution >= 4 is 12.3 Å². The predicted molar refractivity (Wildman–Crippen MR) is 73.4 cm³/mol. The molecule has 0 spiro atoms. The van der Waals surface area contributed by atoms with Crippen LogP contribution in [0.2, 0.25) is 0 Å². The van der Waals surface area contributed by atoms with Gasteiger partial charge in [-0.2, -0.15) is 0 Å². The number of allylic oxidation sites excluding steroid dienone is 1. The Labute approximate surface area is 119 Å². The average Bonchev–Trinajstić information content (AvgIpc) is 2.41. The molecule has 6 heteroatoms. The first-order chi connectivity index (χ1) is 9.63. The second-order valence-corrected chi connectivity index (χ2v) is 3.60. The minimum atomic E-state index is -0.729. The summed E-state index contributed by atoms with van der Waals surface area (Å²) in [5.41, 5.74) is 0. The minimum Gasteiger partial charge on any atom is -0.435 e. The largest absolute Gasteiger partial charge is 0.509 e. The summed E-state index contributed by atoms with van der Waals surface area (Å²) in [6.07, 6.45) is 4.41. The van der Waals surface area contributed by atoms with E-state index in [2.05, 4.69) is 16.1 Å². The van der Waals surface area contributed by atoms with Gasteiger partial charge in [-0.1, -0.05) is 12.7 Å². The fourth-order valence-electron chi connectivity index (χ4n) is 1.18. The van der Waals surface area contributed by atoms with Crippen LogP contribution in [0.3, 0.4) is 0 Å². The highest BCUT2D eigenvalue weighted by Gasteiger charge is 2.07. The van der Waals surface area contributed by atoms with E-state index in [1.807, 2.05) is 6.08 Å². The molecule has 0 heterocycles. The lowest BCUT2D eigenvalue weighted by molar-refractivity contribution is 0.0515. The number of hydrogen-bond donors (Lipinski definition) is 0. The molecule has 1 atom stereocenters. The van der Waals surface area contributed by atoms with E-state index in [1.54, 1.807) is 19.9 Å². The summed E-state index contributed by atoms with van der Waals surface area (Å²) < 4.78 is 19.0. The fourth-order valence-corrected chi connectivity index (χ4v) is 1.18. The molecule has 0 aliphatic rings. The third-order valence-corrected chi connectivity index (χ3v) is 2.05. The fraction of sp³-hybridized carbons (Fsp3) is 0.571. The van der Waals surface area contributed by atoms with Crippen molar-refractivity contribution in [1.82, 2.24) is 0 Å². The molecule has 0 aromatic rings. The van der Waals surface area contributed by atoms with Crippen LogP contribution < -0.4 is 0 Å². The number of carbonyl (C=O) groups excluding carboxylic acids is 2. The molecule has 0 fully saturated rings. The summed E-state index contributed by atoms with van der Waals surface area (Å²) in [4.78, 5) is 22.0. The summed E-state index contributed by atoms with van der Waals surface area (Å²) in [5, 5.41) is 0. The van der Waals surface area contributed by atoms with Crippen molar-refractivity contribution < 1.29 is 28.5 Å². The number of ether oxygens (including phenoxy) is 4. The number of carbonyl (C=O) groups is 2. The molecular weight excluding hydrogens is 264 g/mol. The van der Waals surface area contributed by atoms with Crippen LogP contribution in [-0.4, -0.2) is 38.2 Å². The Morgan fingerprint density at radius 3 is 2.35 bits per heavy atom. The quantitative estimate of drug-likeness (QED) is 0.368. The molecule has 0 aliphatic heterocycles. The second kappa shape index (κ2) is 12.1. The van der Waals surface area contributed by atoms with Gasteiger partial charge in [0.15, 0.2) is 0 Å². The Hall–Kier alpha value is -1.98. The molecule has 20 heavy (non-hydrogen) atoms. The molecule has 6 nitrogen and oxygen atoms in total. The van der Waals surface area contributed by atoms with Crippen LogP contribution in [0.15, 0.2) is 24.8 Å². The van der Waals surface area contributed by atoms with Gasteiger partial charge in [-0.3, -0.25) is 0 Å². The van der Waals surface area contributed by atoms with Gasteiger partial charge >= 0.3 is 12.3 Å². The third-order valence-electron chi connectivity index (χ3n) is 2.05. The van der Waals surface area contributed by atoms with E-state index >= 15 is 0 Å². The molecule has 0 saturated carbocycles. The summed E-state index contributed by atoms with van der Waals surface area (Å²) >= 11 is 0. The van der Waals surface area contributed by atoms with Crippen LogP contribution in [0.1, 0.15) is 26.7 Å². The van der Waals surface area contributed by atoms with Crippen molar-refractivity contribution in [1.29, 1.82) is 0 Å². The van der Waals surface area contributed by atoms with E-state index in [0.717, 1.165) is 0 Å². The van der Waals surface area contributed by atoms with Gasteiger partial charge < -0.3 is 18.9 Å². The Balaban J connectivity index is 3.77. The zero-order valence-corrected chi connectivity index (χ0v) is 12.0. The summed E-state index contributed by atoms with van der Waals surface area (Å²) in [6, 6.07) is 0. The van der Waals surface area contributed by atoms with Crippen molar-refractivity contribution in [2.45, 2.75) is 32.8 Å². The molecule has 1 unspecified atom stereocenters. The molecule has 0 aromatic carbocycles. The molecule has 0 amide bonds. The van der Waals surface area contributed by atoms with Crippen molar-refractivity contribution in [2.75, 3.05) is 19.8 Å². The first-order valence-corrected chi connectivity index (χ1v) is 6.56. The van der Waals surface area contributed by atoms with Gasteiger partial charge in [0.05, 0.1) is 19.8 Å². The highest BCUT2D eigenvalue weighted by atomic mass is 16.7. The van der Waals surface area contributed by atoms with E-state index < -0.39 is 18.4 Å². The number of unbranched alkanes of at least 4 members (excludes halogenated alkanes) is 1. The standard InChI is InChI=1S/C14H22O6/c1-4-12(20-14(16)18-6-3)10-8-7-9-11-19-13(15)17-5-2/h4,8,10,12H,1,5-7,9,11H2,2-3H3/b10-8+. The van der Waals surface area contributed by atoms with E-state index in [1.165, 1.54) is 6.08 Å². The third kappa shape index (κ3) is 9.99. The maximum absolute atomic E-state index is 11.1. The normalized spacial score (nSPS) is 11.7. The molecule has 0 radical (unpaired) electrons. The van der Waals surface area contributed by atoms with Gasteiger partial charge in [-0.25, -0.2) is 9.59 Å². The van der Waals surface area contributed by atoms with Crippen LogP contribution >= 0.6 is 0 Å². The first-order valence-electron chi connectivity index (χ1n) is 6.56. The summed E-state index contributed by atoms with van der Waals surface area (Å²) in [5.74, 6) is 0. The lowest BCUT2D eigenvalue weighted by atomic mass is 10.2. The zero-order chi connectivity index (χ0) is 15.2.